The Kier molecular flexibility index (Phi) is 6.53. The zero-order valence-electron chi connectivity index (χ0n) is 10.2. The number of nitrogens with two attached hydrogens (primary N) is 1. The topological polar surface area (TPSA) is 38.0 Å². The summed E-state index contributed by atoms with van der Waals surface area (Å²) in [5.41, 5.74) is 6.80. The van der Waals surface area contributed by atoms with Crippen LogP contribution in [0.4, 0.5) is 0 Å². The van der Waals surface area contributed by atoms with Crippen molar-refractivity contribution in [2.45, 2.75) is 30.4 Å². The van der Waals surface area contributed by atoms with Crippen LogP contribution in [0, 0.1) is 0 Å². The highest BCUT2D eigenvalue weighted by Gasteiger charge is 1.98. The van der Waals surface area contributed by atoms with E-state index in [4.69, 9.17) is 5.73 Å². The summed E-state index contributed by atoms with van der Waals surface area (Å²) >= 11 is 1.91. The van der Waals surface area contributed by atoms with Crippen molar-refractivity contribution < 1.29 is 0 Å². The van der Waals surface area contributed by atoms with Crippen LogP contribution in [0.1, 0.15) is 19.4 Å². The van der Waals surface area contributed by atoms with Gasteiger partial charge in [-0.05, 0) is 30.7 Å². The molecule has 0 unspecified atom stereocenters. The fourth-order valence-electron chi connectivity index (χ4n) is 1.47. The van der Waals surface area contributed by atoms with Gasteiger partial charge in [0.1, 0.15) is 0 Å². The van der Waals surface area contributed by atoms with E-state index in [9.17, 15) is 0 Å². The number of thioether (sulfide) groups is 1. The normalized spacial score (nSPS) is 11.0. The van der Waals surface area contributed by atoms with E-state index in [1.807, 2.05) is 11.8 Å². The van der Waals surface area contributed by atoms with Gasteiger partial charge in [-0.2, -0.15) is 0 Å². The van der Waals surface area contributed by atoms with Crippen molar-refractivity contribution in [2.75, 3.05) is 19.6 Å². The van der Waals surface area contributed by atoms with Gasteiger partial charge in [-0.1, -0.05) is 26.0 Å². The minimum absolute atomic E-state index is 0.650. The highest BCUT2D eigenvalue weighted by atomic mass is 32.2. The first kappa shape index (κ1) is 13.6. The summed E-state index contributed by atoms with van der Waals surface area (Å²) in [6.45, 7) is 7.06. The Bertz CT molecular complexity index is 282. The van der Waals surface area contributed by atoms with Crippen LogP contribution < -0.4 is 11.1 Å². The summed E-state index contributed by atoms with van der Waals surface area (Å²) in [4.78, 5) is 1.36. The smallest absolute Gasteiger partial charge is 0.00747 e. The minimum atomic E-state index is 0.650. The summed E-state index contributed by atoms with van der Waals surface area (Å²) in [6, 6.07) is 8.86. The van der Waals surface area contributed by atoms with E-state index in [1.165, 1.54) is 10.5 Å². The highest BCUT2D eigenvalue weighted by molar-refractivity contribution is 7.99. The SMILES string of the molecule is CC(C)Sc1ccc(CCNCCN)cc1. The first-order valence-corrected chi connectivity index (χ1v) is 6.76. The predicted octanol–water partition coefficient (Wildman–Crippen LogP) is 2.28. The van der Waals surface area contributed by atoms with Crippen molar-refractivity contribution in [1.82, 2.24) is 5.32 Å². The Morgan fingerprint density at radius 3 is 2.44 bits per heavy atom. The molecule has 0 aliphatic heterocycles. The molecule has 16 heavy (non-hydrogen) atoms. The zero-order chi connectivity index (χ0) is 11.8. The lowest BCUT2D eigenvalue weighted by Crippen LogP contribution is -2.24. The third-order valence-corrected chi connectivity index (χ3v) is 3.22. The van der Waals surface area contributed by atoms with Crippen LogP contribution in [-0.4, -0.2) is 24.9 Å². The van der Waals surface area contributed by atoms with Gasteiger partial charge < -0.3 is 11.1 Å². The van der Waals surface area contributed by atoms with Gasteiger partial charge in [0.2, 0.25) is 0 Å². The Hall–Kier alpha value is -0.510. The average Bonchev–Trinajstić information content (AvgIpc) is 2.26. The summed E-state index contributed by atoms with van der Waals surface area (Å²) in [7, 11) is 0. The van der Waals surface area contributed by atoms with E-state index in [2.05, 4.69) is 43.4 Å². The van der Waals surface area contributed by atoms with Gasteiger partial charge in [0.15, 0.2) is 0 Å². The standard InChI is InChI=1S/C13H22N2S/c1-11(2)16-13-5-3-12(4-6-13)7-9-15-10-8-14/h3-6,11,15H,7-10,14H2,1-2H3. The van der Waals surface area contributed by atoms with Crippen molar-refractivity contribution in [3.8, 4) is 0 Å². The fraction of sp³-hybridized carbons (Fsp3) is 0.538. The minimum Gasteiger partial charge on any atom is -0.329 e. The van der Waals surface area contributed by atoms with E-state index >= 15 is 0 Å². The third-order valence-electron chi connectivity index (χ3n) is 2.21. The van der Waals surface area contributed by atoms with Crippen LogP contribution in [0.2, 0.25) is 0 Å². The Labute approximate surface area is 103 Å². The second kappa shape index (κ2) is 7.71. The fourth-order valence-corrected chi connectivity index (χ4v) is 2.30. The molecule has 0 saturated heterocycles. The lowest BCUT2D eigenvalue weighted by Gasteiger charge is -2.06. The number of rotatable bonds is 7. The maximum Gasteiger partial charge on any atom is 0.00747 e. The molecule has 0 aliphatic rings. The molecule has 3 N–H and O–H groups in total. The van der Waals surface area contributed by atoms with Crippen LogP contribution in [-0.2, 0) is 6.42 Å². The number of nitrogens with one attached hydrogen (secondary N) is 1. The monoisotopic (exact) mass is 238 g/mol. The van der Waals surface area contributed by atoms with Crippen molar-refractivity contribution in [3.63, 3.8) is 0 Å². The molecule has 1 aromatic rings. The van der Waals surface area contributed by atoms with Crippen molar-refractivity contribution in [2.24, 2.45) is 5.73 Å². The molecule has 0 saturated carbocycles. The predicted molar refractivity (Wildman–Crippen MR) is 73.1 cm³/mol. The van der Waals surface area contributed by atoms with Gasteiger partial charge in [0.05, 0.1) is 0 Å². The van der Waals surface area contributed by atoms with Crippen LogP contribution in [0.25, 0.3) is 0 Å². The maximum absolute atomic E-state index is 5.41. The van der Waals surface area contributed by atoms with E-state index in [-0.39, 0.29) is 0 Å². The molecule has 90 valence electrons. The lowest BCUT2D eigenvalue weighted by molar-refractivity contribution is 0.688. The molecule has 2 nitrogen and oxygen atoms in total. The van der Waals surface area contributed by atoms with Crippen LogP contribution in [0.3, 0.4) is 0 Å². The van der Waals surface area contributed by atoms with E-state index in [0.29, 0.717) is 11.8 Å². The highest BCUT2D eigenvalue weighted by Crippen LogP contribution is 2.22. The summed E-state index contributed by atoms with van der Waals surface area (Å²) in [5, 5.41) is 3.95. The molecule has 0 amide bonds. The molecule has 0 radical (unpaired) electrons. The molecule has 0 fully saturated rings. The molecular weight excluding hydrogens is 216 g/mol. The molecule has 0 aliphatic carbocycles. The van der Waals surface area contributed by atoms with Crippen molar-refractivity contribution >= 4 is 11.8 Å². The number of hydrogen-bond acceptors (Lipinski definition) is 3. The molecule has 0 atom stereocenters. The van der Waals surface area contributed by atoms with Crippen LogP contribution in [0.15, 0.2) is 29.2 Å². The van der Waals surface area contributed by atoms with Crippen LogP contribution >= 0.6 is 11.8 Å². The van der Waals surface area contributed by atoms with E-state index in [0.717, 1.165) is 19.5 Å². The molecule has 0 spiro atoms. The molecule has 0 bridgehead atoms. The van der Waals surface area contributed by atoms with Gasteiger partial charge >= 0.3 is 0 Å². The van der Waals surface area contributed by atoms with Gasteiger partial charge in [0.25, 0.3) is 0 Å². The van der Waals surface area contributed by atoms with E-state index in [1.54, 1.807) is 0 Å². The second-order valence-corrected chi connectivity index (χ2v) is 5.75. The van der Waals surface area contributed by atoms with Gasteiger partial charge in [-0.15, -0.1) is 11.8 Å². The number of hydrogen-bond donors (Lipinski definition) is 2. The Morgan fingerprint density at radius 2 is 1.88 bits per heavy atom. The van der Waals surface area contributed by atoms with Gasteiger partial charge in [-0.3, -0.25) is 0 Å². The Balaban J connectivity index is 2.33. The summed E-state index contributed by atoms with van der Waals surface area (Å²) < 4.78 is 0. The van der Waals surface area contributed by atoms with Crippen LogP contribution in [0.5, 0.6) is 0 Å². The first-order valence-electron chi connectivity index (χ1n) is 5.88. The summed E-state index contributed by atoms with van der Waals surface area (Å²) in [6.07, 6.45) is 1.08. The largest absolute Gasteiger partial charge is 0.329 e. The first-order chi connectivity index (χ1) is 7.72. The van der Waals surface area contributed by atoms with Gasteiger partial charge in [-0.25, -0.2) is 0 Å². The molecule has 3 heteroatoms. The van der Waals surface area contributed by atoms with E-state index < -0.39 is 0 Å². The second-order valence-electron chi connectivity index (χ2n) is 4.10. The van der Waals surface area contributed by atoms with Crippen molar-refractivity contribution in [1.29, 1.82) is 0 Å². The zero-order valence-corrected chi connectivity index (χ0v) is 11.0. The molecule has 0 aromatic heterocycles. The molecule has 1 rings (SSSR count). The average molecular weight is 238 g/mol. The lowest BCUT2D eigenvalue weighted by atomic mass is 10.1. The quantitative estimate of drug-likeness (QED) is 0.565. The number of benzene rings is 1. The summed E-state index contributed by atoms with van der Waals surface area (Å²) in [5.74, 6) is 0. The maximum atomic E-state index is 5.41. The Morgan fingerprint density at radius 1 is 1.19 bits per heavy atom. The van der Waals surface area contributed by atoms with Crippen molar-refractivity contribution in [3.05, 3.63) is 29.8 Å². The molecule has 1 aromatic carbocycles. The van der Waals surface area contributed by atoms with Gasteiger partial charge in [0, 0.05) is 23.2 Å². The third kappa shape index (κ3) is 5.54. The molecular formula is C13H22N2S. The molecule has 0 heterocycles.